The molecular formula is C18H29NO. The van der Waals surface area contributed by atoms with Gasteiger partial charge < -0.3 is 10.5 Å². The van der Waals surface area contributed by atoms with Gasteiger partial charge in [0.15, 0.2) is 0 Å². The largest absolute Gasteiger partial charge is 0.376 e. The van der Waals surface area contributed by atoms with Gasteiger partial charge in [0.25, 0.3) is 0 Å². The molecule has 1 aliphatic rings. The minimum absolute atomic E-state index is 0.00287. The highest BCUT2D eigenvalue weighted by Crippen LogP contribution is 2.29. The topological polar surface area (TPSA) is 35.2 Å². The minimum atomic E-state index is -0.00287. The standard InChI is InChI=1S/C18H29NO/c1-4-15-6-5-7-16(11-15)20-12-18(19)17-10-13(2)8-9-14(17)3/h8-10,15-16,18H,4-7,11-12,19H2,1-3H3. The maximum atomic E-state index is 6.32. The average Bonchev–Trinajstić information content (AvgIpc) is 2.47. The van der Waals surface area contributed by atoms with Crippen molar-refractivity contribution in [2.24, 2.45) is 11.7 Å². The first-order valence-corrected chi connectivity index (χ1v) is 8.04. The SMILES string of the molecule is CCC1CCCC(OCC(N)c2cc(C)ccc2C)C1. The van der Waals surface area contributed by atoms with E-state index in [1.807, 2.05) is 0 Å². The highest BCUT2D eigenvalue weighted by atomic mass is 16.5. The van der Waals surface area contributed by atoms with E-state index in [4.69, 9.17) is 10.5 Å². The molecule has 0 aliphatic heterocycles. The van der Waals surface area contributed by atoms with Crippen LogP contribution in [-0.4, -0.2) is 12.7 Å². The maximum Gasteiger partial charge on any atom is 0.0663 e. The summed E-state index contributed by atoms with van der Waals surface area (Å²) in [6.07, 6.45) is 6.81. The molecule has 0 bridgehead atoms. The maximum absolute atomic E-state index is 6.32. The minimum Gasteiger partial charge on any atom is -0.376 e. The number of hydrogen-bond acceptors (Lipinski definition) is 2. The van der Waals surface area contributed by atoms with Gasteiger partial charge in [-0.25, -0.2) is 0 Å². The number of hydrogen-bond donors (Lipinski definition) is 1. The summed E-state index contributed by atoms with van der Waals surface area (Å²) >= 11 is 0. The zero-order valence-corrected chi connectivity index (χ0v) is 13.2. The summed E-state index contributed by atoms with van der Waals surface area (Å²) in [4.78, 5) is 0. The predicted molar refractivity (Wildman–Crippen MR) is 84.8 cm³/mol. The Labute approximate surface area is 123 Å². The molecule has 0 saturated heterocycles. The second-order valence-corrected chi connectivity index (χ2v) is 6.36. The molecule has 1 aromatic carbocycles. The Balaban J connectivity index is 1.88. The van der Waals surface area contributed by atoms with Crippen LogP contribution in [0.3, 0.4) is 0 Å². The van der Waals surface area contributed by atoms with Crippen LogP contribution in [0.25, 0.3) is 0 Å². The lowest BCUT2D eigenvalue weighted by Gasteiger charge is -2.29. The van der Waals surface area contributed by atoms with Gasteiger partial charge >= 0.3 is 0 Å². The summed E-state index contributed by atoms with van der Waals surface area (Å²) in [6, 6.07) is 6.48. The highest BCUT2D eigenvalue weighted by molar-refractivity contribution is 5.32. The fourth-order valence-corrected chi connectivity index (χ4v) is 3.25. The molecule has 1 aromatic rings. The van der Waals surface area contributed by atoms with Gasteiger partial charge in [-0.3, -0.25) is 0 Å². The molecule has 2 rings (SSSR count). The molecule has 0 heterocycles. The Morgan fingerprint density at radius 2 is 2.10 bits per heavy atom. The normalized spacial score (nSPS) is 24.6. The number of ether oxygens (including phenoxy) is 1. The van der Waals surface area contributed by atoms with Crippen molar-refractivity contribution in [1.29, 1.82) is 0 Å². The van der Waals surface area contributed by atoms with E-state index in [1.165, 1.54) is 48.8 Å². The molecule has 1 fully saturated rings. The van der Waals surface area contributed by atoms with Crippen LogP contribution in [0.2, 0.25) is 0 Å². The Bertz CT molecular complexity index is 429. The molecule has 3 atom stereocenters. The van der Waals surface area contributed by atoms with E-state index in [9.17, 15) is 0 Å². The molecule has 0 radical (unpaired) electrons. The summed E-state index contributed by atoms with van der Waals surface area (Å²) in [6.45, 7) is 7.17. The van der Waals surface area contributed by atoms with E-state index >= 15 is 0 Å². The van der Waals surface area contributed by atoms with Gasteiger partial charge in [-0.2, -0.15) is 0 Å². The molecule has 1 aliphatic carbocycles. The summed E-state index contributed by atoms with van der Waals surface area (Å²) in [5.41, 5.74) is 10.1. The molecular weight excluding hydrogens is 246 g/mol. The summed E-state index contributed by atoms with van der Waals surface area (Å²) < 4.78 is 6.10. The second kappa shape index (κ2) is 7.24. The van der Waals surface area contributed by atoms with Crippen molar-refractivity contribution >= 4 is 0 Å². The monoisotopic (exact) mass is 275 g/mol. The molecule has 2 nitrogen and oxygen atoms in total. The van der Waals surface area contributed by atoms with Crippen LogP contribution in [0.15, 0.2) is 18.2 Å². The molecule has 20 heavy (non-hydrogen) atoms. The van der Waals surface area contributed by atoms with Crippen LogP contribution in [0, 0.1) is 19.8 Å². The van der Waals surface area contributed by atoms with E-state index in [0.717, 1.165) is 5.92 Å². The summed E-state index contributed by atoms with van der Waals surface area (Å²) in [5.74, 6) is 0.852. The zero-order valence-electron chi connectivity index (χ0n) is 13.2. The fourth-order valence-electron chi connectivity index (χ4n) is 3.25. The highest BCUT2D eigenvalue weighted by Gasteiger charge is 2.22. The number of rotatable bonds is 5. The van der Waals surface area contributed by atoms with Crippen molar-refractivity contribution < 1.29 is 4.74 Å². The summed E-state index contributed by atoms with van der Waals surface area (Å²) in [7, 11) is 0. The number of benzene rings is 1. The lowest BCUT2D eigenvalue weighted by molar-refractivity contribution is 0.00555. The quantitative estimate of drug-likeness (QED) is 0.870. The van der Waals surface area contributed by atoms with Crippen molar-refractivity contribution in [2.75, 3.05) is 6.61 Å². The van der Waals surface area contributed by atoms with Crippen molar-refractivity contribution in [3.05, 3.63) is 34.9 Å². The van der Waals surface area contributed by atoms with E-state index in [2.05, 4.69) is 39.0 Å². The molecule has 0 aromatic heterocycles. The van der Waals surface area contributed by atoms with E-state index in [1.54, 1.807) is 0 Å². The van der Waals surface area contributed by atoms with Crippen molar-refractivity contribution in [1.82, 2.24) is 0 Å². The Morgan fingerprint density at radius 3 is 2.85 bits per heavy atom. The Hall–Kier alpha value is -0.860. The molecule has 1 saturated carbocycles. The number of nitrogens with two attached hydrogens (primary N) is 1. The third-order valence-corrected chi connectivity index (χ3v) is 4.66. The van der Waals surface area contributed by atoms with Gasteiger partial charge in [-0.05, 0) is 43.7 Å². The first-order chi connectivity index (χ1) is 9.60. The van der Waals surface area contributed by atoms with Crippen molar-refractivity contribution in [2.45, 2.75) is 65.0 Å². The van der Waals surface area contributed by atoms with Crippen LogP contribution < -0.4 is 5.73 Å². The van der Waals surface area contributed by atoms with Crippen molar-refractivity contribution in [3.8, 4) is 0 Å². The van der Waals surface area contributed by atoms with Gasteiger partial charge in [0.1, 0.15) is 0 Å². The van der Waals surface area contributed by atoms with E-state index in [-0.39, 0.29) is 6.04 Å². The van der Waals surface area contributed by atoms with Gasteiger partial charge in [-0.15, -0.1) is 0 Å². The van der Waals surface area contributed by atoms with Crippen LogP contribution >= 0.6 is 0 Å². The third kappa shape index (κ3) is 4.07. The molecule has 2 N–H and O–H groups in total. The van der Waals surface area contributed by atoms with Crippen molar-refractivity contribution in [3.63, 3.8) is 0 Å². The first kappa shape index (κ1) is 15.5. The van der Waals surface area contributed by atoms with Gasteiger partial charge in [0.05, 0.1) is 18.8 Å². The lowest BCUT2D eigenvalue weighted by Crippen LogP contribution is -2.27. The second-order valence-electron chi connectivity index (χ2n) is 6.36. The van der Waals surface area contributed by atoms with Crippen LogP contribution in [0.5, 0.6) is 0 Å². The van der Waals surface area contributed by atoms with Crippen LogP contribution in [0.1, 0.15) is 61.8 Å². The zero-order chi connectivity index (χ0) is 14.5. The van der Waals surface area contributed by atoms with Gasteiger partial charge in [-0.1, -0.05) is 49.9 Å². The Kier molecular flexibility index (Phi) is 5.62. The molecule has 112 valence electrons. The fraction of sp³-hybridized carbons (Fsp3) is 0.667. The molecule has 2 heteroatoms. The van der Waals surface area contributed by atoms with E-state index < -0.39 is 0 Å². The lowest BCUT2D eigenvalue weighted by atomic mass is 9.85. The number of aryl methyl sites for hydroxylation is 2. The van der Waals surface area contributed by atoms with Gasteiger partial charge in [0.2, 0.25) is 0 Å². The predicted octanol–water partition coefficient (Wildman–Crippen LogP) is 4.29. The molecule has 0 amide bonds. The molecule has 3 unspecified atom stereocenters. The summed E-state index contributed by atoms with van der Waals surface area (Å²) in [5, 5.41) is 0. The van der Waals surface area contributed by atoms with Crippen LogP contribution in [0.4, 0.5) is 0 Å². The average molecular weight is 275 g/mol. The first-order valence-electron chi connectivity index (χ1n) is 8.04. The smallest absolute Gasteiger partial charge is 0.0663 e. The molecule has 0 spiro atoms. The Morgan fingerprint density at radius 1 is 1.30 bits per heavy atom. The van der Waals surface area contributed by atoms with Gasteiger partial charge in [0, 0.05) is 0 Å². The van der Waals surface area contributed by atoms with E-state index in [0.29, 0.717) is 12.7 Å². The van der Waals surface area contributed by atoms with Crippen LogP contribution in [-0.2, 0) is 4.74 Å². The third-order valence-electron chi connectivity index (χ3n) is 4.66.